The van der Waals surface area contributed by atoms with Gasteiger partial charge in [0.05, 0.1) is 10.3 Å². The van der Waals surface area contributed by atoms with Crippen LogP contribution in [0.1, 0.15) is 26.2 Å². The Labute approximate surface area is 117 Å². The highest BCUT2D eigenvalue weighted by atomic mass is 16.6. The SMILES string of the molecule is CC1CCCC1Nc1ccc([N+](=O)[O-])c2ccncc12. The first-order valence-electron chi connectivity index (χ1n) is 6.94. The van der Waals surface area contributed by atoms with Crippen LogP contribution in [-0.2, 0) is 0 Å². The van der Waals surface area contributed by atoms with E-state index in [0.29, 0.717) is 17.3 Å². The molecule has 2 aromatic rings. The van der Waals surface area contributed by atoms with Gasteiger partial charge in [0.25, 0.3) is 5.69 Å². The fourth-order valence-corrected chi connectivity index (χ4v) is 3.02. The molecule has 2 atom stereocenters. The largest absolute Gasteiger partial charge is 0.381 e. The van der Waals surface area contributed by atoms with Crippen LogP contribution in [-0.4, -0.2) is 15.9 Å². The summed E-state index contributed by atoms with van der Waals surface area (Å²) in [5, 5.41) is 16.1. The molecule has 1 aromatic carbocycles. The second-order valence-corrected chi connectivity index (χ2v) is 5.47. The van der Waals surface area contributed by atoms with Gasteiger partial charge in [0.2, 0.25) is 0 Å². The van der Waals surface area contributed by atoms with E-state index in [2.05, 4.69) is 17.2 Å². The van der Waals surface area contributed by atoms with E-state index in [1.807, 2.05) is 0 Å². The first-order chi connectivity index (χ1) is 9.66. The Morgan fingerprint density at radius 2 is 2.15 bits per heavy atom. The van der Waals surface area contributed by atoms with Crippen molar-refractivity contribution in [2.45, 2.75) is 32.2 Å². The second kappa shape index (κ2) is 5.07. The van der Waals surface area contributed by atoms with Gasteiger partial charge in [0.1, 0.15) is 0 Å². The van der Waals surface area contributed by atoms with Crippen molar-refractivity contribution in [2.75, 3.05) is 5.32 Å². The zero-order valence-electron chi connectivity index (χ0n) is 11.4. The molecule has 0 radical (unpaired) electrons. The van der Waals surface area contributed by atoms with Gasteiger partial charge in [-0.25, -0.2) is 0 Å². The molecule has 0 amide bonds. The van der Waals surface area contributed by atoms with Crippen LogP contribution in [0.15, 0.2) is 30.6 Å². The molecule has 0 aliphatic heterocycles. The molecule has 104 valence electrons. The number of aromatic nitrogens is 1. The van der Waals surface area contributed by atoms with Crippen molar-refractivity contribution < 1.29 is 4.92 Å². The van der Waals surface area contributed by atoms with E-state index in [4.69, 9.17) is 0 Å². The quantitative estimate of drug-likeness (QED) is 0.682. The van der Waals surface area contributed by atoms with Gasteiger partial charge in [0, 0.05) is 35.6 Å². The van der Waals surface area contributed by atoms with Gasteiger partial charge in [0.15, 0.2) is 0 Å². The maximum atomic E-state index is 11.1. The van der Waals surface area contributed by atoms with Gasteiger partial charge in [-0.15, -0.1) is 0 Å². The average molecular weight is 271 g/mol. The molecule has 3 rings (SSSR count). The van der Waals surface area contributed by atoms with Crippen LogP contribution in [0.5, 0.6) is 0 Å². The van der Waals surface area contributed by atoms with Crippen molar-refractivity contribution in [2.24, 2.45) is 5.92 Å². The molecule has 1 N–H and O–H groups in total. The summed E-state index contributed by atoms with van der Waals surface area (Å²) in [6, 6.07) is 5.52. The predicted octanol–water partition coefficient (Wildman–Crippen LogP) is 3.74. The van der Waals surface area contributed by atoms with Gasteiger partial charge in [-0.2, -0.15) is 0 Å². The van der Waals surface area contributed by atoms with Crippen LogP contribution < -0.4 is 5.32 Å². The smallest absolute Gasteiger partial charge is 0.277 e. The van der Waals surface area contributed by atoms with Crippen LogP contribution in [0.3, 0.4) is 0 Å². The third kappa shape index (κ3) is 2.19. The van der Waals surface area contributed by atoms with E-state index in [1.54, 1.807) is 30.6 Å². The highest BCUT2D eigenvalue weighted by molar-refractivity contribution is 5.99. The summed E-state index contributed by atoms with van der Waals surface area (Å²) in [6.45, 7) is 2.25. The minimum Gasteiger partial charge on any atom is -0.381 e. The number of nitrogens with zero attached hydrogens (tertiary/aromatic N) is 2. The lowest BCUT2D eigenvalue weighted by atomic mass is 10.0. The average Bonchev–Trinajstić information content (AvgIpc) is 2.84. The Bertz CT molecular complexity index is 657. The summed E-state index contributed by atoms with van der Waals surface area (Å²) in [6.07, 6.45) is 6.92. The van der Waals surface area contributed by atoms with Gasteiger partial charge in [-0.3, -0.25) is 15.1 Å². The summed E-state index contributed by atoms with van der Waals surface area (Å²) in [5.41, 5.74) is 1.07. The van der Waals surface area contributed by atoms with Gasteiger partial charge in [-0.1, -0.05) is 13.3 Å². The lowest BCUT2D eigenvalue weighted by molar-refractivity contribution is -0.383. The topological polar surface area (TPSA) is 68.1 Å². The number of fused-ring (bicyclic) bond motifs is 1. The molecular weight excluding hydrogens is 254 g/mol. The molecule has 1 aliphatic carbocycles. The van der Waals surface area contributed by atoms with Crippen molar-refractivity contribution in [3.05, 3.63) is 40.7 Å². The van der Waals surface area contributed by atoms with Crippen molar-refractivity contribution in [1.29, 1.82) is 0 Å². The van der Waals surface area contributed by atoms with Crippen LogP contribution in [0.4, 0.5) is 11.4 Å². The summed E-state index contributed by atoms with van der Waals surface area (Å²) < 4.78 is 0. The third-order valence-electron chi connectivity index (χ3n) is 4.19. The van der Waals surface area contributed by atoms with Crippen LogP contribution in [0, 0.1) is 16.0 Å². The predicted molar refractivity (Wildman–Crippen MR) is 78.8 cm³/mol. The Morgan fingerprint density at radius 1 is 1.30 bits per heavy atom. The highest BCUT2D eigenvalue weighted by Crippen LogP contribution is 2.34. The van der Waals surface area contributed by atoms with Crippen LogP contribution in [0.25, 0.3) is 10.8 Å². The minimum atomic E-state index is -0.343. The molecule has 0 spiro atoms. The third-order valence-corrected chi connectivity index (χ3v) is 4.19. The maximum Gasteiger partial charge on any atom is 0.277 e. The minimum absolute atomic E-state index is 0.132. The molecule has 5 nitrogen and oxygen atoms in total. The Kier molecular flexibility index (Phi) is 3.26. The zero-order chi connectivity index (χ0) is 14.1. The number of nitro groups is 1. The Hall–Kier alpha value is -2.17. The monoisotopic (exact) mass is 271 g/mol. The summed E-state index contributed by atoms with van der Waals surface area (Å²) >= 11 is 0. The van der Waals surface area contributed by atoms with E-state index in [1.165, 1.54) is 12.8 Å². The maximum absolute atomic E-state index is 11.1. The van der Waals surface area contributed by atoms with Crippen molar-refractivity contribution in [3.8, 4) is 0 Å². The number of rotatable bonds is 3. The van der Waals surface area contributed by atoms with E-state index in [9.17, 15) is 10.1 Å². The zero-order valence-corrected chi connectivity index (χ0v) is 11.4. The number of nitro benzene ring substituents is 1. The molecule has 20 heavy (non-hydrogen) atoms. The molecule has 0 saturated heterocycles. The summed E-state index contributed by atoms with van der Waals surface area (Å²) in [5.74, 6) is 0.636. The van der Waals surface area contributed by atoms with Crippen molar-refractivity contribution >= 4 is 22.1 Å². The first-order valence-corrected chi connectivity index (χ1v) is 6.94. The van der Waals surface area contributed by atoms with Crippen molar-refractivity contribution in [1.82, 2.24) is 4.98 Å². The molecule has 5 heteroatoms. The van der Waals surface area contributed by atoms with Crippen LogP contribution >= 0.6 is 0 Å². The number of nitrogens with one attached hydrogen (secondary N) is 1. The number of anilines is 1. The number of pyridine rings is 1. The number of benzene rings is 1. The number of hydrogen-bond acceptors (Lipinski definition) is 4. The molecule has 0 bridgehead atoms. The molecule has 1 fully saturated rings. The Morgan fingerprint density at radius 3 is 2.85 bits per heavy atom. The fourth-order valence-electron chi connectivity index (χ4n) is 3.02. The Balaban J connectivity index is 2.04. The molecule has 1 aliphatic rings. The van der Waals surface area contributed by atoms with E-state index in [0.717, 1.165) is 17.5 Å². The molecular formula is C15H17N3O2. The van der Waals surface area contributed by atoms with Gasteiger partial charge in [-0.05, 0) is 30.9 Å². The van der Waals surface area contributed by atoms with E-state index < -0.39 is 0 Å². The number of hydrogen-bond donors (Lipinski definition) is 1. The molecule has 2 unspecified atom stereocenters. The van der Waals surface area contributed by atoms with Gasteiger partial charge >= 0.3 is 0 Å². The lowest BCUT2D eigenvalue weighted by Crippen LogP contribution is -2.21. The van der Waals surface area contributed by atoms with Crippen LogP contribution in [0.2, 0.25) is 0 Å². The second-order valence-electron chi connectivity index (χ2n) is 5.47. The standard InChI is InChI=1S/C15H17N3O2/c1-10-3-2-4-13(10)17-14-5-6-15(18(19)20)11-7-8-16-9-12(11)14/h5-10,13,17H,2-4H2,1H3. The molecule has 1 aromatic heterocycles. The highest BCUT2D eigenvalue weighted by Gasteiger charge is 2.24. The van der Waals surface area contributed by atoms with E-state index in [-0.39, 0.29) is 10.6 Å². The number of non-ortho nitro benzene ring substituents is 1. The van der Waals surface area contributed by atoms with Gasteiger partial charge < -0.3 is 5.32 Å². The normalized spacial score (nSPS) is 22.1. The molecule has 1 heterocycles. The first kappa shape index (κ1) is 12.8. The summed E-state index contributed by atoms with van der Waals surface area (Å²) in [7, 11) is 0. The fraction of sp³-hybridized carbons (Fsp3) is 0.400. The van der Waals surface area contributed by atoms with Crippen molar-refractivity contribution in [3.63, 3.8) is 0 Å². The summed E-state index contributed by atoms with van der Waals surface area (Å²) in [4.78, 5) is 14.8. The lowest BCUT2D eigenvalue weighted by Gasteiger charge is -2.19. The van der Waals surface area contributed by atoms with E-state index >= 15 is 0 Å². The molecule has 1 saturated carbocycles.